The van der Waals surface area contributed by atoms with Crippen LogP contribution in [0.25, 0.3) is 0 Å². The third kappa shape index (κ3) is 5.40. The number of ether oxygens (including phenoxy) is 1. The lowest BCUT2D eigenvalue weighted by Crippen LogP contribution is -2.34. The van der Waals surface area contributed by atoms with Crippen LogP contribution in [0.15, 0.2) is 24.3 Å². The Morgan fingerprint density at radius 3 is 2.67 bits per heavy atom. The minimum Gasteiger partial charge on any atom is -0.497 e. The number of amides is 1. The Labute approximate surface area is 144 Å². The van der Waals surface area contributed by atoms with Crippen LogP contribution in [0.5, 0.6) is 5.75 Å². The average molecular weight is 354 g/mol. The van der Waals surface area contributed by atoms with Gasteiger partial charge in [-0.3, -0.25) is 9.10 Å². The van der Waals surface area contributed by atoms with Crippen molar-refractivity contribution in [1.29, 1.82) is 0 Å². The van der Waals surface area contributed by atoms with Crippen molar-refractivity contribution < 1.29 is 17.9 Å². The maximum Gasteiger partial charge on any atom is 0.232 e. The highest BCUT2D eigenvalue weighted by Gasteiger charge is 2.20. The number of nitrogens with zero attached hydrogens (tertiary/aromatic N) is 1. The fourth-order valence-electron chi connectivity index (χ4n) is 3.01. The first-order valence-corrected chi connectivity index (χ1v) is 10.2. The zero-order valence-corrected chi connectivity index (χ0v) is 15.1. The van der Waals surface area contributed by atoms with Crippen molar-refractivity contribution in [2.45, 2.75) is 44.6 Å². The summed E-state index contributed by atoms with van der Waals surface area (Å²) in [5.74, 6) is 0.598. The van der Waals surface area contributed by atoms with Gasteiger partial charge in [-0.2, -0.15) is 0 Å². The van der Waals surface area contributed by atoms with Gasteiger partial charge in [-0.25, -0.2) is 8.42 Å². The number of carbonyl (C=O) groups excluding carboxylic acids is 1. The number of nitrogens with one attached hydrogen (secondary N) is 1. The van der Waals surface area contributed by atoms with Crippen LogP contribution in [-0.2, 0) is 14.8 Å². The van der Waals surface area contributed by atoms with Crippen LogP contribution < -0.4 is 14.4 Å². The lowest BCUT2D eigenvalue weighted by molar-refractivity contribution is -0.121. The molecule has 0 saturated heterocycles. The van der Waals surface area contributed by atoms with E-state index >= 15 is 0 Å². The molecule has 0 atom stereocenters. The Bertz CT molecular complexity index is 654. The molecular formula is C17H26N2O4S. The quantitative estimate of drug-likeness (QED) is 0.777. The fourth-order valence-corrected chi connectivity index (χ4v) is 3.96. The van der Waals surface area contributed by atoms with Gasteiger partial charge >= 0.3 is 0 Å². The monoisotopic (exact) mass is 354 g/mol. The number of anilines is 1. The van der Waals surface area contributed by atoms with Gasteiger partial charge in [-0.1, -0.05) is 18.9 Å². The summed E-state index contributed by atoms with van der Waals surface area (Å²) in [6.07, 6.45) is 6.40. The van der Waals surface area contributed by atoms with Crippen LogP contribution in [0, 0.1) is 0 Å². The van der Waals surface area contributed by atoms with Gasteiger partial charge in [-0.05, 0) is 31.4 Å². The maximum atomic E-state index is 12.1. The van der Waals surface area contributed by atoms with E-state index in [0.29, 0.717) is 30.3 Å². The smallest absolute Gasteiger partial charge is 0.232 e. The van der Waals surface area contributed by atoms with E-state index in [4.69, 9.17) is 4.74 Å². The van der Waals surface area contributed by atoms with E-state index in [-0.39, 0.29) is 12.5 Å². The zero-order valence-electron chi connectivity index (χ0n) is 14.3. The number of sulfonamides is 1. The first kappa shape index (κ1) is 18.6. The second kappa shape index (κ2) is 8.37. The van der Waals surface area contributed by atoms with Crippen LogP contribution in [0.3, 0.4) is 0 Å². The summed E-state index contributed by atoms with van der Waals surface area (Å²) in [5.41, 5.74) is 0.549. The van der Waals surface area contributed by atoms with Crippen molar-refractivity contribution in [3.63, 3.8) is 0 Å². The Hall–Kier alpha value is -1.76. The lowest BCUT2D eigenvalue weighted by Gasteiger charge is -2.23. The van der Waals surface area contributed by atoms with Crippen LogP contribution in [0.1, 0.15) is 38.5 Å². The van der Waals surface area contributed by atoms with Gasteiger partial charge in [0.25, 0.3) is 0 Å². The highest BCUT2D eigenvalue weighted by Crippen LogP contribution is 2.23. The lowest BCUT2D eigenvalue weighted by atomic mass is 10.2. The maximum absolute atomic E-state index is 12.1. The van der Waals surface area contributed by atoms with Gasteiger partial charge in [0.2, 0.25) is 15.9 Å². The van der Waals surface area contributed by atoms with E-state index in [9.17, 15) is 13.2 Å². The molecule has 0 radical (unpaired) electrons. The van der Waals surface area contributed by atoms with Crippen LogP contribution >= 0.6 is 0 Å². The highest BCUT2D eigenvalue weighted by molar-refractivity contribution is 7.92. The largest absolute Gasteiger partial charge is 0.497 e. The van der Waals surface area contributed by atoms with Gasteiger partial charge in [0.15, 0.2) is 0 Å². The van der Waals surface area contributed by atoms with Crippen LogP contribution in [0.2, 0.25) is 0 Å². The molecule has 0 bridgehead atoms. The number of methoxy groups -OCH3 is 1. The predicted octanol–water partition coefficient (Wildman–Crippen LogP) is 2.30. The Morgan fingerprint density at radius 2 is 2.04 bits per heavy atom. The summed E-state index contributed by atoms with van der Waals surface area (Å²) in [4.78, 5) is 12.0. The van der Waals surface area contributed by atoms with Crippen LogP contribution in [0.4, 0.5) is 5.69 Å². The number of carbonyl (C=O) groups is 1. The molecule has 1 aliphatic rings. The van der Waals surface area contributed by atoms with Gasteiger partial charge in [0, 0.05) is 25.1 Å². The number of benzene rings is 1. The topological polar surface area (TPSA) is 75.7 Å². The molecule has 0 heterocycles. The summed E-state index contributed by atoms with van der Waals surface area (Å²) in [6, 6.07) is 7.21. The zero-order chi connectivity index (χ0) is 17.6. The minimum absolute atomic E-state index is 0.000920. The van der Waals surface area contributed by atoms with E-state index in [1.807, 2.05) is 0 Å². The molecule has 134 valence electrons. The van der Waals surface area contributed by atoms with E-state index in [1.54, 1.807) is 24.3 Å². The molecule has 2 rings (SSSR count). The first-order chi connectivity index (χ1) is 11.4. The van der Waals surface area contributed by atoms with E-state index in [0.717, 1.165) is 12.8 Å². The second-order valence-electron chi connectivity index (χ2n) is 6.19. The summed E-state index contributed by atoms with van der Waals surface area (Å²) >= 11 is 0. The summed E-state index contributed by atoms with van der Waals surface area (Å²) in [5, 5.41) is 3.02. The minimum atomic E-state index is -3.42. The summed E-state index contributed by atoms with van der Waals surface area (Å²) < 4.78 is 30.6. The second-order valence-corrected chi connectivity index (χ2v) is 8.10. The summed E-state index contributed by atoms with van der Waals surface area (Å²) in [7, 11) is -1.88. The fraction of sp³-hybridized carbons (Fsp3) is 0.588. The van der Waals surface area contributed by atoms with Gasteiger partial charge in [-0.15, -0.1) is 0 Å². The van der Waals surface area contributed by atoms with E-state index < -0.39 is 10.0 Å². The molecule has 1 N–H and O–H groups in total. The third-order valence-electron chi connectivity index (χ3n) is 4.23. The third-order valence-corrected chi connectivity index (χ3v) is 5.42. The predicted molar refractivity (Wildman–Crippen MR) is 94.8 cm³/mol. The van der Waals surface area contributed by atoms with Crippen molar-refractivity contribution in [3.8, 4) is 5.75 Å². The molecule has 1 saturated carbocycles. The number of hydrogen-bond donors (Lipinski definition) is 1. The SMILES string of the molecule is COc1cccc(N(CCCC(=O)NC2CCCC2)S(C)(=O)=O)c1. The van der Waals surface area contributed by atoms with Crippen molar-refractivity contribution in [1.82, 2.24) is 5.32 Å². The molecule has 1 aromatic rings. The van der Waals surface area contributed by atoms with Crippen molar-refractivity contribution in [3.05, 3.63) is 24.3 Å². The standard InChI is InChI=1S/C17H26N2O4S/c1-23-16-10-5-9-15(13-16)19(24(2,21)22)12-6-11-17(20)18-14-7-3-4-8-14/h5,9-10,13-14H,3-4,6-8,11-12H2,1-2H3,(H,18,20). The molecule has 0 aliphatic heterocycles. The normalized spacial score (nSPS) is 15.2. The first-order valence-electron chi connectivity index (χ1n) is 8.31. The van der Waals surface area contributed by atoms with Gasteiger partial charge < -0.3 is 10.1 Å². The number of rotatable bonds is 8. The van der Waals surface area contributed by atoms with Crippen LogP contribution in [-0.4, -0.2) is 40.3 Å². The molecule has 24 heavy (non-hydrogen) atoms. The molecule has 1 aliphatic carbocycles. The van der Waals surface area contributed by atoms with E-state index in [2.05, 4.69) is 5.32 Å². The average Bonchev–Trinajstić information content (AvgIpc) is 3.03. The number of hydrogen-bond acceptors (Lipinski definition) is 4. The molecule has 1 aromatic carbocycles. The Balaban J connectivity index is 1.93. The highest BCUT2D eigenvalue weighted by atomic mass is 32.2. The molecule has 1 fully saturated rings. The van der Waals surface area contributed by atoms with Crippen molar-refractivity contribution in [2.24, 2.45) is 0 Å². The van der Waals surface area contributed by atoms with E-state index in [1.165, 1.54) is 30.5 Å². The van der Waals surface area contributed by atoms with Gasteiger partial charge in [0.1, 0.15) is 5.75 Å². The van der Waals surface area contributed by atoms with Crippen molar-refractivity contribution >= 4 is 21.6 Å². The molecule has 0 spiro atoms. The molecular weight excluding hydrogens is 328 g/mol. The molecule has 0 aromatic heterocycles. The Morgan fingerprint density at radius 1 is 1.33 bits per heavy atom. The van der Waals surface area contributed by atoms with Gasteiger partial charge in [0.05, 0.1) is 19.1 Å². The molecule has 6 nitrogen and oxygen atoms in total. The molecule has 0 unspecified atom stereocenters. The molecule has 7 heteroatoms. The molecule has 1 amide bonds. The Kier molecular flexibility index (Phi) is 6.48. The summed E-state index contributed by atoms with van der Waals surface area (Å²) in [6.45, 7) is 0.268. The van der Waals surface area contributed by atoms with Crippen molar-refractivity contribution in [2.75, 3.05) is 24.2 Å².